The smallest absolute Gasteiger partial charge is 0.350 e. The summed E-state index contributed by atoms with van der Waals surface area (Å²) in [6.45, 7) is 5.46. The van der Waals surface area contributed by atoms with E-state index in [9.17, 15) is 14.9 Å². The molecule has 0 bridgehead atoms. The Morgan fingerprint density at radius 2 is 2.12 bits per heavy atom. The lowest BCUT2D eigenvalue weighted by atomic mass is 10.3. The van der Waals surface area contributed by atoms with Gasteiger partial charge in [-0.05, 0) is 26.3 Å². The van der Waals surface area contributed by atoms with Crippen LogP contribution in [0.5, 0.6) is 5.88 Å². The number of aryl methyl sites for hydroxylation is 4. The molecule has 25 heavy (non-hydrogen) atoms. The molecule has 0 fully saturated rings. The van der Waals surface area contributed by atoms with Crippen molar-refractivity contribution in [3.05, 3.63) is 33.8 Å². The van der Waals surface area contributed by atoms with E-state index >= 15 is 0 Å². The van der Waals surface area contributed by atoms with Gasteiger partial charge in [0.2, 0.25) is 5.91 Å². The average Bonchev–Trinajstić information content (AvgIpc) is 3.12. The van der Waals surface area contributed by atoms with Gasteiger partial charge in [0.15, 0.2) is 0 Å². The van der Waals surface area contributed by atoms with E-state index < -0.39 is 4.92 Å². The summed E-state index contributed by atoms with van der Waals surface area (Å²) in [6, 6.07) is 2.01. The number of amides is 1. The third kappa shape index (κ3) is 5.03. The van der Waals surface area contributed by atoms with Crippen molar-refractivity contribution in [2.75, 3.05) is 13.7 Å². The lowest BCUT2D eigenvalue weighted by molar-refractivity contribution is -0.385. The van der Waals surface area contributed by atoms with Gasteiger partial charge in [0.05, 0.1) is 24.3 Å². The van der Waals surface area contributed by atoms with Crippen LogP contribution in [0, 0.1) is 24.0 Å². The molecule has 2 aromatic heterocycles. The summed E-state index contributed by atoms with van der Waals surface area (Å²) in [5, 5.41) is 21.9. The highest BCUT2D eigenvalue weighted by Gasteiger charge is 2.20. The van der Waals surface area contributed by atoms with E-state index in [4.69, 9.17) is 4.74 Å². The fourth-order valence-corrected chi connectivity index (χ4v) is 2.44. The summed E-state index contributed by atoms with van der Waals surface area (Å²) in [7, 11) is 1.31. The fourth-order valence-electron chi connectivity index (χ4n) is 2.44. The topological polar surface area (TPSA) is 117 Å². The molecule has 1 N–H and O–H groups in total. The lowest BCUT2D eigenvalue weighted by Gasteiger charge is -2.07. The molecule has 0 radical (unpaired) electrons. The van der Waals surface area contributed by atoms with Crippen molar-refractivity contribution >= 4 is 11.6 Å². The molecule has 0 unspecified atom stereocenters. The third-order valence-corrected chi connectivity index (χ3v) is 3.64. The van der Waals surface area contributed by atoms with Crippen molar-refractivity contribution in [1.82, 2.24) is 24.9 Å². The van der Waals surface area contributed by atoms with Crippen LogP contribution in [0.25, 0.3) is 0 Å². The van der Waals surface area contributed by atoms with Crippen LogP contribution in [-0.4, -0.2) is 44.0 Å². The number of ether oxygens (including phenoxy) is 1. The zero-order valence-electron chi connectivity index (χ0n) is 14.6. The second kappa shape index (κ2) is 8.27. The molecule has 0 aliphatic rings. The second-order valence-corrected chi connectivity index (χ2v) is 5.65. The van der Waals surface area contributed by atoms with Gasteiger partial charge in [0, 0.05) is 25.2 Å². The summed E-state index contributed by atoms with van der Waals surface area (Å²) in [5.74, 6) is -0.194. The van der Waals surface area contributed by atoms with E-state index in [1.54, 1.807) is 0 Å². The van der Waals surface area contributed by atoms with Crippen molar-refractivity contribution in [2.24, 2.45) is 0 Å². The Kier molecular flexibility index (Phi) is 6.09. The first-order valence-electron chi connectivity index (χ1n) is 7.94. The van der Waals surface area contributed by atoms with Gasteiger partial charge in [-0.2, -0.15) is 5.10 Å². The highest BCUT2D eigenvalue weighted by Crippen LogP contribution is 2.23. The van der Waals surface area contributed by atoms with Crippen molar-refractivity contribution in [3.8, 4) is 5.88 Å². The van der Waals surface area contributed by atoms with E-state index in [0.717, 1.165) is 24.4 Å². The number of carbonyl (C=O) groups excluding carboxylic acids is 1. The molecule has 0 aliphatic heterocycles. The average molecular weight is 350 g/mol. The minimum absolute atomic E-state index is 0.0599. The van der Waals surface area contributed by atoms with E-state index in [1.807, 2.05) is 24.6 Å². The molecule has 0 saturated carbocycles. The maximum atomic E-state index is 11.9. The minimum atomic E-state index is -0.568. The fraction of sp³-hybridized carbons (Fsp3) is 0.533. The Balaban J connectivity index is 1.72. The van der Waals surface area contributed by atoms with Crippen LogP contribution in [0.3, 0.4) is 0 Å². The van der Waals surface area contributed by atoms with Crippen LogP contribution in [0.2, 0.25) is 0 Å². The van der Waals surface area contributed by atoms with Crippen LogP contribution < -0.4 is 10.1 Å². The zero-order chi connectivity index (χ0) is 18.4. The van der Waals surface area contributed by atoms with E-state index in [0.29, 0.717) is 6.54 Å². The maximum absolute atomic E-state index is 11.9. The molecule has 0 atom stereocenters. The summed E-state index contributed by atoms with van der Waals surface area (Å²) >= 11 is 0. The Morgan fingerprint density at radius 1 is 1.36 bits per heavy atom. The lowest BCUT2D eigenvalue weighted by Crippen LogP contribution is -2.26. The van der Waals surface area contributed by atoms with Crippen LogP contribution in [-0.2, 0) is 17.9 Å². The van der Waals surface area contributed by atoms with Gasteiger partial charge in [-0.1, -0.05) is 0 Å². The van der Waals surface area contributed by atoms with Gasteiger partial charge in [-0.25, -0.2) is 0 Å². The molecule has 136 valence electrons. The van der Waals surface area contributed by atoms with Gasteiger partial charge in [-0.15, -0.1) is 5.10 Å². The molecule has 0 aromatic carbocycles. The SMILES string of the molecule is COc1nn(CCC(=O)NCCCn2nc(C)cc2C)cc1[N+](=O)[O-]. The van der Waals surface area contributed by atoms with Crippen molar-refractivity contribution in [2.45, 2.75) is 39.8 Å². The highest BCUT2D eigenvalue weighted by atomic mass is 16.6. The quantitative estimate of drug-likeness (QED) is 0.413. The number of hydrogen-bond acceptors (Lipinski definition) is 6. The number of hydrogen-bond donors (Lipinski definition) is 1. The minimum Gasteiger partial charge on any atom is -0.475 e. The first-order valence-corrected chi connectivity index (χ1v) is 7.94. The van der Waals surface area contributed by atoms with Crippen LogP contribution in [0.1, 0.15) is 24.2 Å². The largest absolute Gasteiger partial charge is 0.475 e. The predicted molar refractivity (Wildman–Crippen MR) is 89.4 cm³/mol. The van der Waals surface area contributed by atoms with Crippen LogP contribution in [0.15, 0.2) is 12.3 Å². The van der Waals surface area contributed by atoms with Gasteiger partial charge in [0.1, 0.15) is 6.20 Å². The Hall–Kier alpha value is -2.91. The number of nitro groups is 1. The summed E-state index contributed by atoms with van der Waals surface area (Å²) in [6.07, 6.45) is 2.21. The number of nitrogens with one attached hydrogen (secondary N) is 1. The Labute approximate surface area is 144 Å². The number of carbonyl (C=O) groups is 1. The standard InChI is InChI=1S/C15H22N6O4/c1-11-9-12(2)20(17-11)7-4-6-16-14(22)5-8-19-10-13(21(23)24)15(18-19)25-3/h9-10H,4-8H2,1-3H3,(H,16,22). The molecule has 0 aliphatic carbocycles. The zero-order valence-corrected chi connectivity index (χ0v) is 14.6. The first-order chi connectivity index (χ1) is 11.9. The highest BCUT2D eigenvalue weighted by molar-refractivity contribution is 5.75. The number of methoxy groups -OCH3 is 1. The number of nitrogens with zero attached hydrogens (tertiary/aromatic N) is 5. The maximum Gasteiger partial charge on any atom is 0.350 e. The predicted octanol–water partition coefficient (Wildman–Crippen LogP) is 1.21. The molecule has 0 spiro atoms. The molecular formula is C15H22N6O4. The molecule has 2 aromatic rings. The molecule has 1 amide bonds. The molecule has 10 nitrogen and oxygen atoms in total. The van der Waals surface area contributed by atoms with E-state index in [1.165, 1.54) is 18.0 Å². The van der Waals surface area contributed by atoms with E-state index in [2.05, 4.69) is 15.5 Å². The van der Waals surface area contributed by atoms with Gasteiger partial charge in [-0.3, -0.25) is 24.3 Å². The van der Waals surface area contributed by atoms with Crippen LogP contribution in [0.4, 0.5) is 5.69 Å². The summed E-state index contributed by atoms with van der Waals surface area (Å²) in [4.78, 5) is 22.1. The van der Waals surface area contributed by atoms with Gasteiger partial charge >= 0.3 is 11.6 Å². The summed E-state index contributed by atoms with van der Waals surface area (Å²) in [5.41, 5.74) is 1.86. The van der Waals surface area contributed by atoms with E-state index in [-0.39, 0.29) is 30.4 Å². The Bertz CT molecular complexity index is 751. The monoisotopic (exact) mass is 350 g/mol. The molecule has 2 heterocycles. The molecular weight excluding hydrogens is 328 g/mol. The third-order valence-electron chi connectivity index (χ3n) is 3.64. The number of aromatic nitrogens is 4. The van der Waals surface area contributed by atoms with Gasteiger partial charge < -0.3 is 10.1 Å². The molecule has 10 heteroatoms. The number of rotatable bonds is 9. The summed E-state index contributed by atoms with van der Waals surface area (Å²) < 4.78 is 8.10. The van der Waals surface area contributed by atoms with Crippen molar-refractivity contribution in [3.63, 3.8) is 0 Å². The van der Waals surface area contributed by atoms with Gasteiger partial charge in [0.25, 0.3) is 0 Å². The molecule has 0 saturated heterocycles. The van der Waals surface area contributed by atoms with Crippen LogP contribution >= 0.6 is 0 Å². The normalized spacial score (nSPS) is 10.7. The Morgan fingerprint density at radius 3 is 2.68 bits per heavy atom. The second-order valence-electron chi connectivity index (χ2n) is 5.65. The molecule has 2 rings (SSSR count). The van der Waals surface area contributed by atoms with Crippen molar-refractivity contribution < 1.29 is 14.5 Å². The first kappa shape index (κ1) is 18.4. The van der Waals surface area contributed by atoms with Crippen molar-refractivity contribution in [1.29, 1.82) is 0 Å².